The lowest BCUT2D eigenvalue weighted by molar-refractivity contribution is -0.134. The van der Waals surface area contributed by atoms with Gasteiger partial charge in [-0.3, -0.25) is 9.59 Å². The third-order valence-electron chi connectivity index (χ3n) is 8.82. The van der Waals surface area contributed by atoms with Crippen molar-refractivity contribution < 1.29 is 36.8 Å². The third kappa shape index (κ3) is 7.37. The molecule has 2 N–H and O–H groups in total. The molecule has 0 radical (unpaired) electrons. The minimum atomic E-state index is -1.30. The summed E-state index contributed by atoms with van der Waals surface area (Å²) in [5.41, 5.74) is 1.28. The number of ether oxygens (including phenoxy) is 3. The normalized spacial score (nSPS) is 15.6. The number of benzene rings is 4. The monoisotopic (exact) mass is 789 g/mol. The zero-order chi connectivity index (χ0) is 38.4. The topological polar surface area (TPSA) is 126 Å². The molecule has 2 aliphatic heterocycles. The molecule has 0 saturated carbocycles. The summed E-state index contributed by atoms with van der Waals surface area (Å²) >= 11 is 1.94. The second-order valence-corrected chi connectivity index (χ2v) is 11.8. The molecule has 7 rings (SSSR count). The van der Waals surface area contributed by atoms with E-state index in [0.29, 0.717) is 39.9 Å². The summed E-state index contributed by atoms with van der Waals surface area (Å²) in [6.07, 6.45) is 0. The molecule has 1 aromatic heterocycles. The summed E-state index contributed by atoms with van der Waals surface area (Å²) in [5, 5.41) is 3.16. The Morgan fingerprint density at radius 3 is 2.25 bits per heavy atom. The summed E-state index contributed by atoms with van der Waals surface area (Å²) in [4.78, 5) is 39.5. The molecule has 0 aliphatic carbocycles. The molecular formula is C39H38BrF2N5O6. The van der Waals surface area contributed by atoms with Crippen LogP contribution in [0.3, 0.4) is 0 Å². The van der Waals surface area contributed by atoms with Crippen molar-refractivity contribution in [2.24, 2.45) is 0 Å². The Balaban J connectivity index is 0.00000131. The number of nitrogens with one attached hydrogen (secondary N) is 1. The van der Waals surface area contributed by atoms with Crippen molar-refractivity contribution in [2.75, 3.05) is 31.5 Å². The van der Waals surface area contributed by atoms with Crippen molar-refractivity contribution in [1.82, 2.24) is 14.9 Å². The Labute approximate surface area is 314 Å². The predicted molar refractivity (Wildman–Crippen MR) is 201 cm³/mol. The van der Waals surface area contributed by atoms with Gasteiger partial charge in [-0.15, -0.1) is 0 Å². The van der Waals surface area contributed by atoms with Gasteiger partial charge in [0, 0.05) is 29.9 Å². The number of likely N-dealkylation sites (N-methyl/N-ethyl adjacent to an activating group) is 1. The van der Waals surface area contributed by atoms with Crippen molar-refractivity contribution in [3.8, 4) is 28.6 Å². The van der Waals surface area contributed by atoms with Crippen LogP contribution >= 0.6 is 16.3 Å². The third-order valence-corrected chi connectivity index (χ3v) is 8.82. The average molecular weight is 791 g/mol. The van der Waals surface area contributed by atoms with Crippen LogP contribution in [0.15, 0.2) is 84.9 Å². The Hall–Kier alpha value is -5.60. The fourth-order valence-electron chi connectivity index (χ4n) is 6.19. The maximum atomic E-state index is 15.0. The molecule has 2 amide bonds. The van der Waals surface area contributed by atoms with E-state index >= 15 is 0 Å². The first-order chi connectivity index (χ1) is 25.6. The SMILES string of the molecule is CC.COc1ccc(CN2Cc3nc(-c4c(F)cccc4F)nc(Nc4ccc(C5(C)Oc6ccccc6N(C)C5=O)cc4)c3C2=O)c(OC)c1.OBr. The molecule has 0 fully saturated rings. The van der Waals surface area contributed by atoms with Crippen LogP contribution in [0.2, 0.25) is 0 Å². The molecule has 0 saturated heterocycles. The molecule has 53 heavy (non-hydrogen) atoms. The molecule has 11 nitrogen and oxygen atoms in total. The van der Waals surface area contributed by atoms with Gasteiger partial charge in [-0.05, 0) is 55.5 Å². The standard InChI is InChI=1S/C37H31F2N5O5.C2H6.BrHO/c1-37(36(46)43(2)28-10-5-6-11-29(28)49-37)22-13-15-23(16-14-22)40-34-32-27(41-33(42-34)31-25(38)8-7-9-26(31)39)20-44(35(32)45)19-21-12-17-24(47-3)18-30(21)48-4;2*1-2/h5-18H,19-20H2,1-4H3,(H,40,41,42);1-2H3;2H. The second-order valence-electron chi connectivity index (χ2n) is 11.8. The minimum absolute atomic E-state index is 0.0648. The number of fused-ring (bicyclic) bond motifs is 2. The highest BCUT2D eigenvalue weighted by atomic mass is 79.9. The van der Waals surface area contributed by atoms with Crippen molar-refractivity contribution in [3.05, 3.63) is 119 Å². The van der Waals surface area contributed by atoms with Gasteiger partial charge < -0.3 is 33.5 Å². The van der Waals surface area contributed by atoms with Crippen LogP contribution in [0.25, 0.3) is 11.4 Å². The molecule has 5 aromatic rings. The highest BCUT2D eigenvalue weighted by molar-refractivity contribution is 9.05. The van der Waals surface area contributed by atoms with E-state index in [0.717, 1.165) is 17.7 Å². The first kappa shape index (κ1) is 38.6. The molecule has 14 heteroatoms. The number of rotatable bonds is 8. The van der Waals surface area contributed by atoms with Crippen LogP contribution in [0.4, 0.5) is 26.0 Å². The Bertz CT molecular complexity index is 2120. The smallest absolute Gasteiger partial charge is 0.275 e. The summed E-state index contributed by atoms with van der Waals surface area (Å²) in [5.74, 6) is -0.705. The number of carbonyl (C=O) groups excluding carboxylic acids is 2. The number of carbonyl (C=O) groups is 2. The first-order valence-corrected chi connectivity index (χ1v) is 17.3. The van der Waals surface area contributed by atoms with Gasteiger partial charge in [0.25, 0.3) is 11.8 Å². The highest BCUT2D eigenvalue weighted by Gasteiger charge is 2.45. The van der Waals surface area contributed by atoms with Gasteiger partial charge >= 0.3 is 0 Å². The largest absolute Gasteiger partial charge is 0.497 e. The molecule has 276 valence electrons. The molecule has 0 bridgehead atoms. The van der Waals surface area contributed by atoms with Crippen LogP contribution in [0, 0.1) is 11.6 Å². The Morgan fingerprint density at radius 1 is 0.906 bits per heavy atom. The summed E-state index contributed by atoms with van der Waals surface area (Å²) in [7, 11) is 4.78. The Morgan fingerprint density at radius 2 is 1.58 bits per heavy atom. The lowest BCUT2D eigenvalue weighted by Crippen LogP contribution is -2.50. The van der Waals surface area contributed by atoms with Crippen LogP contribution in [0.1, 0.15) is 48.0 Å². The number of aromatic nitrogens is 2. The van der Waals surface area contributed by atoms with Crippen LogP contribution in [-0.2, 0) is 23.5 Å². The number of amides is 2. The van der Waals surface area contributed by atoms with Crippen molar-refractivity contribution in [3.63, 3.8) is 0 Å². The van der Waals surface area contributed by atoms with E-state index in [4.69, 9.17) is 18.4 Å². The van der Waals surface area contributed by atoms with E-state index in [2.05, 4.69) is 15.3 Å². The molecule has 1 unspecified atom stereocenters. The molecule has 4 aromatic carbocycles. The van der Waals surface area contributed by atoms with Crippen molar-refractivity contribution >= 4 is 45.3 Å². The van der Waals surface area contributed by atoms with Crippen LogP contribution in [0.5, 0.6) is 17.2 Å². The fourth-order valence-corrected chi connectivity index (χ4v) is 6.19. The number of halogens is 3. The molecule has 3 heterocycles. The number of hydrogen-bond acceptors (Lipinski definition) is 9. The molecule has 2 aliphatic rings. The van der Waals surface area contributed by atoms with Gasteiger partial charge in [0.2, 0.25) is 5.60 Å². The van der Waals surface area contributed by atoms with E-state index < -0.39 is 22.8 Å². The van der Waals surface area contributed by atoms with E-state index in [1.165, 1.54) is 13.2 Å². The van der Waals surface area contributed by atoms with Gasteiger partial charge in [0.15, 0.2) is 5.82 Å². The van der Waals surface area contributed by atoms with Crippen molar-refractivity contribution in [2.45, 2.75) is 39.5 Å². The Kier molecular flexibility index (Phi) is 11.9. The van der Waals surface area contributed by atoms with Gasteiger partial charge in [0.1, 0.15) is 40.3 Å². The zero-order valence-electron chi connectivity index (χ0n) is 29.9. The quantitative estimate of drug-likeness (QED) is 0.161. The fraction of sp³-hybridized carbons (Fsp3) is 0.231. The molecular weight excluding hydrogens is 752 g/mol. The summed E-state index contributed by atoms with van der Waals surface area (Å²) in [6, 6.07) is 23.0. The van der Waals surface area contributed by atoms with E-state index in [1.54, 1.807) is 73.3 Å². The maximum absolute atomic E-state index is 15.0. The maximum Gasteiger partial charge on any atom is 0.275 e. The highest BCUT2D eigenvalue weighted by Crippen LogP contribution is 2.42. The summed E-state index contributed by atoms with van der Waals surface area (Å²) in [6.45, 7) is 5.95. The number of anilines is 3. The molecule has 1 atom stereocenters. The lowest BCUT2D eigenvalue weighted by atomic mass is 9.92. The summed E-state index contributed by atoms with van der Waals surface area (Å²) < 4.78 is 53.8. The minimum Gasteiger partial charge on any atom is -0.497 e. The van der Waals surface area contributed by atoms with Crippen molar-refractivity contribution in [1.29, 1.82) is 0 Å². The number of hydrogen-bond donors (Lipinski definition) is 2. The number of para-hydroxylation sites is 2. The van der Waals surface area contributed by atoms with E-state index in [-0.39, 0.29) is 42.1 Å². The van der Waals surface area contributed by atoms with Crippen LogP contribution in [-0.4, -0.2) is 52.1 Å². The lowest BCUT2D eigenvalue weighted by Gasteiger charge is -2.39. The number of methoxy groups -OCH3 is 2. The van der Waals surface area contributed by atoms with Gasteiger partial charge in [-0.2, -0.15) is 0 Å². The van der Waals surface area contributed by atoms with Gasteiger partial charge in [-0.25, -0.2) is 18.7 Å². The zero-order valence-corrected chi connectivity index (χ0v) is 31.5. The number of nitrogens with zero attached hydrogens (tertiary/aromatic N) is 4. The van der Waals surface area contributed by atoms with E-state index in [1.807, 2.05) is 54.4 Å². The second kappa shape index (κ2) is 16.4. The molecule has 0 spiro atoms. The first-order valence-electron chi connectivity index (χ1n) is 16.6. The van der Waals surface area contributed by atoms with Crippen LogP contribution < -0.4 is 24.4 Å². The van der Waals surface area contributed by atoms with E-state index in [9.17, 15) is 18.4 Å². The average Bonchev–Trinajstić information content (AvgIpc) is 3.50. The predicted octanol–water partition coefficient (Wildman–Crippen LogP) is 7.92. The van der Waals surface area contributed by atoms with Gasteiger partial charge in [-0.1, -0.05) is 44.2 Å². The van der Waals surface area contributed by atoms with Gasteiger partial charge in [0.05, 0.1) is 60.5 Å².